The fraction of sp³-hybridized carbons (Fsp3) is 0.500. The van der Waals surface area contributed by atoms with E-state index in [0.29, 0.717) is 5.17 Å². The fourth-order valence-electron chi connectivity index (χ4n) is 0.137. The van der Waals surface area contributed by atoms with Crippen LogP contribution in [0.3, 0.4) is 0 Å². The average molecular weight is 119 g/mol. The monoisotopic (exact) mass is 118 g/mol. The Bertz CT molecular complexity index is 91.9. The molecule has 0 atom stereocenters. The molecule has 40 valence electrons. The number of aliphatic imine (C=N–C) groups is 2. The highest BCUT2D eigenvalue weighted by molar-refractivity contribution is 6.65. The summed E-state index contributed by atoms with van der Waals surface area (Å²) in [5, 5.41) is 0.505. The minimum absolute atomic E-state index is 0.505. The number of hydrogen-bond acceptors (Lipinski definition) is 1. The molecule has 0 saturated carbocycles. The topological polar surface area (TPSA) is 24.7 Å². The Labute approximate surface area is 47.9 Å². The molecule has 7 heavy (non-hydrogen) atoms. The van der Waals surface area contributed by atoms with Crippen molar-refractivity contribution in [3.8, 4) is 0 Å². The van der Waals surface area contributed by atoms with Gasteiger partial charge in [-0.3, -0.25) is 4.99 Å². The minimum atomic E-state index is 0.505. The maximum Gasteiger partial charge on any atom is 0.110 e. The minimum Gasteiger partial charge on any atom is -0.277 e. The molecule has 0 N–H and O–H groups in total. The van der Waals surface area contributed by atoms with Gasteiger partial charge in [-0.15, -0.1) is 0 Å². The lowest BCUT2D eigenvalue weighted by Gasteiger charge is -1.74. The van der Waals surface area contributed by atoms with Crippen LogP contribution in [-0.4, -0.2) is 18.6 Å². The summed E-state index contributed by atoms with van der Waals surface area (Å²) >= 11 is 5.32. The summed E-state index contributed by atoms with van der Waals surface area (Å²) in [5.74, 6) is 0. The predicted molar refractivity (Wildman–Crippen MR) is 33.4 cm³/mol. The molecule has 0 saturated heterocycles. The Balaban J connectivity index is 3.46. The van der Waals surface area contributed by atoms with E-state index in [1.807, 2.05) is 0 Å². The molecule has 0 aromatic carbocycles. The van der Waals surface area contributed by atoms with Crippen molar-refractivity contribution in [2.75, 3.05) is 7.05 Å². The van der Waals surface area contributed by atoms with Crippen molar-refractivity contribution in [2.24, 2.45) is 9.98 Å². The average Bonchev–Trinajstić information content (AvgIpc) is 1.61. The Morgan fingerprint density at radius 1 is 1.71 bits per heavy atom. The van der Waals surface area contributed by atoms with Crippen LogP contribution in [0.15, 0.2) is 9.98 Å². The van der Waals surface area contributed by atoms with Gasteiger partial charge in [0.2, 0.25) is 0 Å². The van der Waals surface area contributed by atoms with Gasteiger partial charge in [0, 0.05) is 7.05 Å². The summed E-state index contributed by atoms with van der Waals surface area (Å²) in [6.07, 6.45) is 1.41. The SMILES string of the molecule is CN=CN=C(C)Cl. The third kappa shape index (κ3) is 5.63. The third-order valence-electron chi connectivity index (χ3n) is 0.351. The molecular formula is C4H7ClN2. The van der Waals surface area contributed by atoms with Crippen LogP contribution < -0.4 is 0 Å². The summed E-state index contributed by atoms with van der Waals surface area (Å²) < 4.78 is 0. The first-order valence-electron chi connectivity index (χ1n) is 1.88. The third-order valence-corrected chi connectivity index (χ3v) is 0.449. The second kappa shape index (κ2) is 3.81. The Morgan fingerprint density at radius 2 is 2.29 bits per heavy atom. The van der Waals surface area contributed by atoms with Crippen molar-refractivity contribution < 1.29 is 0 Å². The van der Waals surface area contributed by atoms with Crippen molar-refractivity contribution in [3.05, 3.63) is 0 Å². The van der Waals surface area contributed by atoms with Crippen molar-refractivity contribution in [1.82, 2.24) is 0 Å². The molecule has 3 heteroatoms. The molecule has 0 aliphatic rings. The number of nitrogens with zero attached hydrogens (tertiary/aromatic N) is 2. The number of rotatable bonds is 1. The zero-order chi connectivity index (χ0) is 5.70. The lowest BCUT2D eigenvalue weighted by Crippen LogP contribution is -1.73. The maximum absolute atomic E-state index is 5.32. The molecule has 0 unspecified atom stereocenters. The van der Waals surface area contributed by atoms with Crippen molar-refractivity contribution in [2.45, 2.75) is 6.92 Å². The number of halogens is 1. The second-order valence-corrected chi connectivity index (χ2v) is 1.55. The van der Waals surface area contributed by atoms with E-state index in [2.05, 4.69) is 9.98 Å². The quantitative estimate of drug-likeness (QED) is 0.366. The lowest BCUT2D eigenvalue weighted by atomic mass is 10.9. The van der Waals surface area contributed by atoms with Crippen LogP contribution in [0.1, 0.15) is 6.92 Å². The van der Waals surface area contributed by atoms with E-state index in [1.54, 1.807) is 14.0 Å². The van der Waals surface area contributed by atoms with E-state index in [0.717, 1.165) is 0 Å². The molecule has 0 fully saturated rings. The molecule has 0 bridgehead atoms. The van der Waals surface area contributed by atoms with Crippen LogP contribution in [0.2, 0.25) is 0 Å². The van der Waals surface area contributed by atoms with Gasteiger partial charge in [-0.25, -0.2) is 4.99 Å². The molecule has 0 aliphatic heterocycles. The Hall–Kier alpha value is -0.370. The highest BCUT2D eigenvalue weighted by Crippen LogP contribution is 1.78. The van der Waals surface area contributed by atoms with E-state index >= 15 is 0 Å². The van der Waals surface area contributed by atoms with Crippen LogP contribution in [0, 0.1) is 0 Å². The van der Waals surface area contributed by atoms with E-state index in [9.17, 15) is 0 Å². The molecule has 0 aliphatic carbocycles. The first-order valence-corrected chi connectivity index (χ1v) is 2.25. The van der Waals surface area contributed by atoms with Gasteiger partial charge in [0.05, 0.1) is 0 Å². The van der Waals surface area contributed by atoms with Crippen LogP contribution in [-0.2, 0) is 0 Å². The summed E-state index contributed by atoms with van der Waals surface area (Å²) in [6.45, 7) is 1.70. The van der Waals surface area contributed by atoms with Crippen LogP contribution in [0.4, 0.5) is 0 Å². The largest absolute Gasteiger partial charge is 0.277 e. The van der Waals surface area contributed by atoms with Gasteiger partial charge in [0.1, 0.15) is 11.5 Å². The smallest absolute Gasteiger partial charge is 0.110 e. The molecule has 0 amide bonds. The molecule has 2 nitrogen and oxygen atoms in total. The first kappa shape index (κ1) is 6.63. The van der Waals surface area contributed by atoms with Gasteiger partial charge in [0.25, 0.3) is 0 Å². The van der Waals surface area contributed by atoms with Crippen LogP contribution >= 0.6 is 11.6 Å². The standard InChI is InChI=1S/C4H7ClN2/c1-4(5)7-3-6-2/h3H,1-2H3. The zero-order valence-electron chi connectivity index (χ0n) is 4.35. The van der Waals surface area contributed by atoms with E-state index in [1.165, 1.54) is 6.34 Å². The van der Waals surface area contributed by atoms with Crippen molar-refractivity contribution in [3.63, 3.8) is 0 Å². The Morgan fingerprint density at radius 3 is 2.43 bits per heavy atom. The molecule has 0 aromatic heterocycles. The van der Waals surface area contributed by atoms with Crippen LogP contribution in [0.5, 0.6) is 0 Å². The molecule has 0 spiro atoms. The summed E-state index contributed by atoms with van der Waals surface area (Å²) in [6, 6.07) is 0. The molecule has 0 heterocycles. The van der Waals surface area contributed by atoms with E-state index in [4.69, 9.17) is 11.6 Å². The predicted octanol–water partition coefficient (Wildman–Crippen LogP) is 1.30. The van der Waals surface area contributed by atoms with Gasteiger partial charge in [0.15, 0.2) is 0 Å². The molecule has 0 radical (unpaired) electrons. The Kier molecular flexibility index (Phi) is 3.61. The second-order valence-electron chi connectivity index (χ2n) is 1.000. The first-order chi connectivity index (χ1) is 3.27. The van der Waals surface area contributed by atoms with Gasteiger partial charge in [-0.2, -0.15) is 0 Å². The van der Waals surface area contributed by atoms with Gasteiger partial charge in [-0.1, -0.05) is 11.6 Å². The molecule has 0 aromatic rings. The maximum atomic E-state index is 5.32. The van der Waals surface area contributed by atoms with Crippen LogP contribution in [0.25, 0.3) is 0 Å². The van der Waals surface area contributed by atoms with E-state index < -0.39 is 0 Å². The lowest BCUT2D eigenvalue weighted by molar-refractivity contribution is 1.44. The van der Waals surface area contributed by atoms with E-state index in [-0.39, 0.29) is 0 Å². The van der Waals surface area contributed by atoms with Crippen molar-refractivity contribution in [1.29, 1.82) is 0 Å². The summed E-state index contributed by atoms with van der Waals surface area (Å²) in [5.41, 5.74) is 0. The fourth-order valence-corrected chi connectivity index (χ4v) is 0.181. The van der Waals surface area contributed by atoms with Gasteiger partial charge in [-0.05, 0) is 6.92 Å². The number of hydrogen-bond donors (Lipinski definition) is 0. The van der Waals surface area contributed by atoms with Crippen molar-refractivity contribution >= 4 is 23.1 Å². The molecule has 0 rings (SSSR count). The highest BCUT2D eigenvalue weighted by atomic mass is 35.5. The highest BCUT2D eigenvalue weighted by Gasteiger charge is 1.70. The van der Waals surface area contributed by atoms with Gasteiger partial charge < -0.3 is 0 Å². The summed E-state index contributed by atoms with van der Waals surface area (Å²) in [7, 11) is 1.64. The normalized spacial score (nSPS) is 13.3. The zero-order valence-corrected chi connectivity index (χ0v) is 5.11. The summed E-state index contributed by atoms with van der Waals surface area (Å²) in [4.78, 5) is 7.21. The van der Waals surface area contributed by atoms with Gasteiger partial charge >= 0.3 is 0 Å². The molecular weight excluding hydrogens is 112 g/mol.